The standard InChI is InChI=1S/C12H11BrFNO/c1-4-12(2,3)15-11(16)8-5-6-9(13)10(14)7-8/h1,5-7H,2-3H3,(H,15,16). The van der Waals surface area contributed by atoms with Crippen LogP contribution in [0, 0.1) is 18.2 Å². The molecule has 1 N–H and O–H groups in total. The van der Waals surface area contributed by atoms with E-state index in [2.05, 4.69) is 27.2 Å². The van der Waals surface area contributed by atoms with Crippen LogP contribution in [0.1, 0.15) is 24.2 Å². The molecule has 0 saturated heterocycles. The molecule has 0 aromatic heterocycles. The number of benzene rings is 1. The second-order valence-corrected chi connectivity index (χ2v) is 4.71. The van der Waals surface area contributed by atoms with E-state index in [1.165, 1.54) is 12.1 Å². The quantitative estimate of drug-likeness (QED) is 0.831. The van der Waals surface area contributed by atoms with Gasteiger partial charge in [-0.1, -0.05) is 5.92 Å². The fourth-order valence-corrected chi connectivity index (χ4v) is 1.28. The van der Waals surface area contributed by atoms with Gasteiger partial charge >= 0.3 is 0 Å². The second kappa shape index (κ2) is 4.67. The molecule has 4 heteroatoms. The van der Waals surface area contributed by atoms with E-state index in [9.17, 15) is 9.18 Å². The molecule has 1 amide bonds. The largest absolute Gasteiger partial charge is 0.336 e. The molecule has 1 rings (SSSR count). The SMILES string of the molecule is C#CC(C)(C)NC(=O)c1ccc(Br)c(F)c1. The summed E-state index contributed by atoms with van der Waals surface area (Å²) in [5.74, 6) is 1.56. The summed E-state index contributed by atoms with van der Waals surface area (Å²) in [4.78, 5) is 11.7. The van der Waals surface area contributed by atoms with Crippen LogP contribution in [0.25, 0.3) is 0 Å². The van der Waals surface area contributed by atoms with Crippen LogP contribution >= 0.6 is 15.9 Å². The molecule has 1 aromatic carbocycles. The molecule has 0 atom stereocenters. The molecule has 0 bridgehead atoms. The van der Waals surface area contributed by atoms with Crippen LogP contribution in [-0.4, -0.2) is 11.4 Å². The first-order valence-electron chi connectivity index (χ1n) is 4.61. The maximum Gasteiger partial charge on any atom is 0.252 e. The lowest BCUT2D eigenvalue weighted by Crippen LogP contribution is -2.42. The van der Waals surface area contributed by atoms with Crippen molar-refractivity contribution in [1.29, 1.82) is 0 Å². The van der Waals surface area contributed by atoms with Gasteiger partial charge in [-0.3, -0.25) is 4.79 Å². The third-order valence-corrected chi connectivity index (χ3v) is 2.61. The minimum absolute atomic E-state index is 0.240. The normalized spacial score (nSPS) is 10.7. The van der Waals surface area contributed by atoms with Crippen molar-refractivity contribution in [3.8, 4) is 12.3 Å². The zero-order valence-electron chi connectivity index (χ0n) is 8.97. The highest BCUT2D eigenvalue weighted by Crippen LogP contribution is 2.16. The average Bonchev–Trinajstić information content (AvgIpc) is 2.21. The van der Waals surface area contributed by atoms with Gasteiger partial charge in [-0.2, -0.15) is 0 Å². The maximum atomic E-state index is 13.2. The number of carbonyl (C=O) groups excluding carboxylic acids is 1. The van der Waals surface area contributed by atoms with Gasteiger partial charge in [-0.15, -0.1) is 6.42 Å². The van der Waals surface area contributed by atoms with E-state index < -0.39 is 17.3 Å². The molecule has 0 aliphatic carbocycles. The van der Waals surface area contributed by atoms with Crippen LogP contribution in [0.5, 0.6) is 0 Å². The van der Waals surface area contributed by atoms with Gasteiger partial charge in [0.2, 0.25) is 0 Å². The summed E-state index contributed by atoms with van der Waals surface area (Å²) in [7, 11) is 0. The summed E-state index contributed by atoms with van der Waals surface area (Å²) < 4.78 is 13.5. The van der Waals surface area contributed by atoms with Crippen LogP contribution in [0.4, 0.5) is 4.39 Å². The molecule has 2 nitrogen and oxygen atoms in total. The van der Waals surface area contributed by atoms with Crippen LogP contribution in [-0.2, 0) is 0 Å². The van der Waals surface area contributed by atoms with Crippen molar-refractivity contribution < 1.29 is 9.18 Å². The molecule has 0 aliphatic heterocycles. The van der Waals surface area contributed by atoms with Gasteiger partial charge in [0.1, 0.15) is 5.82 Å². The number of halogens is 2. The molecule has 0 radical (unpaired) electrons. The summed E-state index contributed by atoms with van der Waals surface area (Å²) in [6.07, 6.45) is 5.24. The van der Waals surface area contributed by atoms with Gasteiger partial charge in [-0.25, -0.2) is 4.39 Å². The van der Waals surface area contributed by atoms with Crippen molar-refractivity contribution in [2.24, 2.45) is 0 Å². The van der Waals surface area contributed by atoms with Crippen molar-refractivity contribution in [3.05, 3.63) is 34.1 Å². The van der Waals surface area contributed by atoms with E-state index in [-0.39, 0.29) is 5.56 Å². The second-order valence-electron chi connectivity index (χ2n) is 3.85. The lowest BCUT2D eigenvalue weighted by atomic mass is 10.1. The minimum Gasteiger partial charge on any atom is -0.336 e. The number of terminal acetylenes is 1. The molecule has 84 valence electrons. The molecule has 0 fully saturated rings. The lowest BCUT2D eigenvalue weighted by molar-refractivity contribution is 0.0929. The molecule has 0 unspecified atom stereocenters. The Kier molecular flexibility index (Phi) is 3.71. The van der Waals surface area contributed by atoms with E-state index in [0.29, 0.717) is 4.47 Å². The monoisotopic (exact) mass is 283 g/mol. The third-order valence-electron chi connectivity index (χ3n) is 1.97. The van der Waals surface area contributed by atoms with E-state index in [0.717, 1.165) is 6.07 Å². The fraction of sp³-hybridized carbons (Fsp3) is 0.250. The molecule has 16 heavy (non-hydrogen) atoms. The Morgan fingerprint density at radius 3 is 2.69 bits per heavy atom. The fourth-order valence-electron chi connectivity index (χ4n) is 1.03. The predicted molar refractivity (Wildman–Crippen MR) is 64.5 cm³/mol. The highest BCUT2D eigenvalue weighted by molar-refractivity contribution is 9.10. The van der Waals surface area contributed by atoms with Crippen molar-refractivity contribution in [2.75, 3.05) is 0 Å². The van der Waals surface area contributed by atoms with Gasteiger partial charge in [0.25, 0.3) is 5.91 Å². The van der Waals surface area contributed by atoms with E-state index >= 15 is 0 Å². The Morgan fingerprint density at radius 1 is 1.56 bits per heavy atom. The van der Waals surface area contributed by atoms with Gasteiger partial charge in [0.15, 0.2) is 0 Å². The topological polar surface area (TPSA) is 29.1 Å². The summed E-state index contributed by atoms with van der Waals surface area (Å²) in [5, 5.41) is 2.61. The van der Waals surface area contributed by atoms with Crippen LogP contribution in [0.2, 0.25) is 0 Å². The number of amides is 1. The summed E-state index contributed by atoms with van der Waals surface area (Å²) in [5.41, 5.74) is -0.510. The third kappa shape index (κ3) is 3.07. The van der Waals surface area contributed by atoms with E-state index in [1.54, 1.807) is 13.8 Å². The predicted octanol–water partition coefficient (Wildman–Crippen LogP) is 2.73. The summed E-state index contributed by atoms with van der Waals surface area (Å²) in [6.45, 7) is 3.39. The highest BCUT2D eigenvalue weighted by atomic mass is 79.9. The van der Waals surface area contributed by atoms with Crippen molar-refractivity contribution >= 4 is 21.8 Å². The highest BCUT2D eigenvalue weighted by Gasteiger charge is 2.18. The Bertz CT molecular complexity index is 463. The number of hydrogen-bond donors (Lipinski definition) is 1. The van der Waals surface area contributed by atoms with Crippen molar-refractivity contribution in [1.82, 2.24) is 5.32 Å². The number of nitrogens with one attached hydrogen (secondary N) is 1. The Labute approximate surface area is 102 Å². The van der Waals surface area contributed by atoms with Gasteiger partial charge in [0.05, 0.1) is 10.0 Å². The van der Waals surface area contributed by atoms with Gasteiger partial charge in [0, 0.05) is 5.56 Å². The van der Waals surface area contributed by atoms with Gasteiger partial charge < -0.3 is 5.32 Å². The molecule has 0 spiro atoms. The first-order valence-corrected chi connectivity index (χ1v) is 5.40. The molecular weight excluding hydrogens is 273 g/mol. The van der Waals surface area contributed by atoms with Crippen molar-refractivity contribution in [3.63, 3.8) is 0 Å². The Morgan fingerprint density at radius 2 is 2.19 bits per heavy atom. The van der Waals surface area contributed by atoms with Gasteiger partial charge in [-0.05, 0) is 48.0 Å². The smallest absolute Gasteiger partial charge is 0.252 e. The molecule has 0 saturated carbocycles. The zero-order valence-corrected chi connectivity index (χ0v) is 10.6. The Hall–Kier alpha value is -1.34. The maximum absolute atomic E-state index is 13.2. The van der Waals surface area contributed by atoms with Crippen LogP contribution < -0.4 is 5.32 Å². The first-order chi connectivity index (χ1) is 7.35. The number of hydrogen-bond acceptors (Lipinski definition) is 1. The van der Waals surface area contributed by atoms with E-state index in [4.69, 9.17) is 6.42 Å². The summed E-state index contributed by atoms with van der Waals surface area (Å²) in [6, 6.07) is 4.16. The minimum atomic E-state index is -0.749. The van der Waals surface area contributed by atoms with Crippen LogP contribution in [0.3, 0.4) is 0 Å². The lowest BCUT2D eigenvalue weighted by Gasteiger charge is -2.19. The number of rotatable bonds is 2. The molecular formula is C12H11BrFNO. The van der Waals surface area contributed by atoms with Crippen LogP contribution in [0.15, 0.2) is 22.7 Å². The molecule has 1 aromatic rings. The molecule has 0 aliphatic rings. The first kappa shape index (κ1) is 12.7. The Balaban J connectivity index is 2.91. The zero-order chi connectivity index (χ0) is 12.3. The number of carbonyl (C=O) groups is 1. The summed E-state index contributed by atoms with van der Waals surface area (Å²) >= 11 is 3.01. The average molecular weight is 284 g/mol. The van der Waals surface area contributed by atoms with E-state index in [1.807, 2.05) is 0 Å². The van der Waals surface area contributed by atoms with Crippen molar-refractivity contribution in [2.45, 2.75) is 19.4 Å². The molecule has 0 heterocycles.